The van der Waals surface area contributed by atoms with E-state index < -0.39 is 5.97 Å². The third-order valence-corrected chi connectivity index (χ3v) is 5.68. The largest absolute Gasteiger partial charge is 0.491 e. The molecule has 0 aliphatic heterocycles. The molecule has 0 atom stereocenters. The van der Waals surface area contributed by atoms with Crippen LogP contribution in [0.5, 0.6) is 5.75 Å². The molecule has 0 saturated heterocycles. The number of carboxylic acids is 1. The molecule has 1 amide bonds. The number of unbranched alkanes of at least 4 members (excludes halogenated alkanes) is 1. The normalized spacial score (nSPS) is 10.9. The summed E-state index contributed by atoms with van der Waals surface area (Å²) in [5.41, 5.74) is 2.75. The number of hydrogen-bond acceptors (Lipinski definition) is 4. The molecule has 0 bridgehead atoms. The maximum Gasteiger partial charge on any atom is 0.303 e. The highest BCUT2D eigenvalue weighted by molar-refractivity contribution is 7.99. The van der Waals surface area contributed by atoms with Crippen molar-refractivity contribution in [3.63, 3.8) is 0 Å². The summed E-state index contributed by atoms with van der Waals surface area (Å²) in [4.78, 5) is 24.3. The number of ether oxygens (including phenoxy) is 1. The van der Waals surface area contributed by atoms with E-state index in [1.807, 2.05) is 42.1 Å². The van der Waals surface area contributed by atoms with E-state index in [-0.39, 0.29) is 18.9 Å². The summed E-state index contributed by atoms with van der Waals surface area (Å²) in [5.74, 6) is 0.512. The van der Waals surface area contributed by atoms with E-state index in [0.29, 0.717) is 17.9 Å². The van der Waals surface area contributed by atoms with Gasteiger partial charge in [-0.2, -0.15) is 0 Å². The molecule has 6 heteroatoms. The highest BCUT2D eigenvalue weighted by atomic mass is 32.2. The lowest BCUT2D eigenvalue weighted by Crippen LogP contribution is -2.10. The van der Waals surface area contributed by atoms with Gasteiger partial charge in [-0.15, -0.1) is 11.8 Å². The molecule has 30 heavy (non-hydrogen) atoms. The van der Waals surface area contributed by atoms with Crippen LogP contribution in [0.3, 0.4) is 0 Å². The smallest absolute Gasteiger partial charge is 0.303 e. The van der Waals surface area contributed by atoms with Crippen molar-refractivity contribution in [1.82, 2.24) is 0 Å². The van der Waals surface area contributed by atoms with Crippen molar-refractivity contribution >= 4 is 35.4 Å². The minimum Gasteiger partial charge on any atom is -0.491 e. The van der Waals surface area contributed by atoms with E-state index in [9.17, 15) is 9.59 Å². The molecule has 160 valence electrons. The summed E-state index contributed by atoms with van der Waals surface area (Å²) in [6, 6.07) is 13.3. The molecule has 2 N–H and O–H groups in total. The van der Waals surface area contributed by atoms with Gasteiger partial charge in [-0.1, -0.05) is 37.6 Å². The van der Waals surface area contributed by atoms with Crippen molar-refractivity contribution < 1.29 is 19.4 Å². The molecule has 2 aromatic rings. The molecule has 0 radical (unpaired) electrons. The van der Waals surface area contributed by atoms with Crippen LogP contribution in [0.15, 0.2) is 53.4 Å². The van der Waals surface area contributed by atoms with Crippen molar-refractivity contribution in [3.8, 4) is 5.75 Å². The third-order valence-electron chi connectivity index (χ3n) is 4.43. The van der Waals surface area contributed by atoms with Crippen LogP contribution in [-0.4, -0.2) is 29.3 Å². The summed E-state index contributed by atoms with van der Waals surface area (Å²) < 4.78 is 5.63. The van der Waals surface area contributed by atoms with E-state index in [1.54, 1.807) is 12.1 Å². The van der Waals surface area contributed by atoms with E-state index in [4.69, 9.17) is 9.84 Å². The van der Waals surface area contributed by atoms with Crippen LogP contribution in [-0.2, 0) is 9.59 Å². The van der Waals surface area contributed by atoms with Gasteiger partial charge in [0.15, 0.2) is 0 Å². The number of hydrogen-bond donors (Lipinski definition) is 2. The van der Waals surface area contributed by atoms with Crippen molar-refractivity contribution in [2.24, 2.45) is 0 Å². The Morgan fingerprint density at radius 1 is 1.13 bits per heavy atom. The van der Waals surface area contributed by atoms with Crippen molar-refractivity contribution in [2.75, 3.05) is 17.7 Å². The van der Waals surface area contributed by atoms with Gasteiger partial charge in [-0.3, -0.25) is 9.59 Å². The predicted octanol–water partition coefficient (Wildman–Crippen LogP) is 5.78. The predicted molar refractivity (Wildman–Crippen MR) is 123 cm³/mol. The first-order chi connectivity index (χ1) is 14.5. The summed E-state index contributed by atoms with van der Waals surface area (Å²) in [6.45, 7) is 4.53. The first-order valence-electron chi connectivity index (χ1n) is 10.2. The van der Waals surface area contributed by atoms with Crippen molar-refractivity contribution in [1.29, 1.82) is 0 Å². The van der Waals surface area contributed by atoms with Gasteiger partial charge in [0, 0.05) is 17.4 Å². The number of carboxylic acid groups (broad SMARTS) is 1. The Bertz CT molecular complexity index is 879. The molecule has 2 aromatic carbocycles. The number of rotatable bonds is 12. The van der Waals surface area contributed by atoms with E-state index >= 15 is 0 Å². The highest BCUT2D eigenvalue weighted by Crippen LogP contribution is 2.27. The number of para-hydroxylation sites is 2. The molecule has 0 fully saturated rings. The Balaban J connectivity index is 1.98. The first kappa shape index (κ1) is 23.5. The summed E-state index contributed by atoms with van der Waals surface area (Å²) in [7, 11) is 0. The lowest BCUT2D eigenvalue weighted by molar-refractivity contribution is -0.137. The number of carbonyl (C=O) groups is 2. The van der Waals surface area contributed by atoms with Crippen LogP contribution in [0.1, 0.15) is 43.7 Å². The van der Waals surface area contributed by atoms with Crippen molar-refractivity contribution in [3.05, 3.63) is 59.7 Å². The minimum atomic E-state index is -0.853. The minimum absolute atomic E-state index is 0.0480. The standard InChI is InChI=1S/C24H29NO4S/c1-3-4-17-30-22-12-7-9-19(18(22)2)14-15-23(26)25-20-10-5-6-11-21(20)29-16-8-13-24(27)28/h5-7,9-12,14-15H,3-4,8,13,16-17H2,1-2H3,(H,25,26)(H,27,28). The van der Waals surface area contributed by atoms with Gasteiger partial charge < -0.3 is 15.2 Å². The zero-order chi connectivity index (χ0) is 21.8. The molecule has 0 spiro atoms. The fourth-order valence-electron chi connectivity index (χ4n) is 2.74. The van der Waals surface area contributed by atoms with Crippen molar-refractivity contribution in [2.45, 2.75) is 44.4 Å². The molecule has 0 aliphatic carbocycles. The molecular weight excluding hydrogens is 398 g/mol. The number of amides is 1. The zero-order valence-electron chi connectivity index (χ0n) is 17.5. The molecule has 0 aromatic heterocycles. The lowest BCUT2D eigenvalue weighted by atomic mass is 10.1. The Morgan fingerprint density at radius 3 is 2.70 bits per heavy atom. The average Bonchev–Trinajstić information content (AvgIpc) is 2.72. The molecule has 5 nitrogen and oxygen atoms in total. The Labute approximate surface area is 182 Å². The van der Waals surface area contributed by atoms with E-state index in [1.165, 1.54) is 29.4 Å². The Hall–Kier alpha value is -2.73. The van der Waals surface area contributed by atoms with Crippen LogP contribution < -0.4 is 10.1 Å². The maximum absolute atomic E-state index is 12.4. The quantitative estimate of drug-likeness (QED) is 0.255. The van der Waals surface area contributed by atoms with Crippen LogP contribution in [0.2, 0.25) is 0 Å². The van der Waals surface area contributed by atoms with E-state index in [0.717, 1.165) is 11.3 Å². The Kier molecular flexibility index (Phi) is 10.0. The second-order valence-corrected chi connectivity index (χ2v) is 7.97. The molecule has 0 heterocycles. The fraction of sp³-hybridized carbons (Fsp3) is 0.333. The molecular formula is C24H29NO4S. The molecule has 0 saturated carbocycles. The third kappa shape index (κ3) is 7.95. The molecule has 0 aliphatic rings. The summed E-state index contributed by atoms with van der Waals surface area (Å²) in [5, 5.41) is 11.5. The second-order valence-electron chi connectivity index (χ2n) is 6.84. The van der Waals surface area contributed by atoms with Gasteiger partial charge in [-0.25, -0.2) is 0 Å². The number of thioether (sulfide) groups is 1. The summed E-state index contributed by atoms with van der Waals surface area (Å²) >= 11 is 1.85. The number of benzene rings is 2. The number of carbonyl (C=O) groups excluding carboxylic acids is 1. The maximum atomic E-state index is 12.4. The topological polar surface area (TPSA) is 75.6 Å². The Morgan fingerprint density at radius 2 is 1.93 bits per heavy atom. The zero-order valence-corrected chi connectivity index (χ0v) is 18.3. The highest BCUT2D eigenvalue weighted by Gasteiger charge is 2.07. The average molecular weight is 428 g/mol. The van der Waals surface area contributed by atoms with Crippen LogP contribution in [0, 0.1) is 6.92 Å². The van der Waals surface area contributed by atoms with Crippen LogP contribution >= 0.6 is 11.8 Å². The van der Waals surface area contributed by atoms with Gasteiger partial charge in [-0.05, 0) is 60.9 Å². The number of aliphatic carboxylic acids is 1. The van der Waals surface area contributed by atoms with Crippen LogP contribution in [0.4, 0.5) is 5.69 Å². The van der Waals surface area contributed by atoms with Gasteiger partial charge in [0.2, 0.25) is 5.91 Å². The van der Waals surface area contributed by atoms with Crippen LogP contribution in [0.25, 0.3) is 6.08 Å². The molecule has 0 unspecified atom stereocenters. The summed E-state index contributed by atoms with van der Waals surface area (Å²) in [6.07, 6.45) is 6.16. The SMILES string of the molecule is CCCCSc1cccc(C=CC(=O)Nc2ccccc2OCCCC(=O)O)c1C. The fourth-order valence-corrected chi connectivity index (χ4v) is 3.90. The van der Waals surface area contributed by atoms with Gasteiger partial charge in [0.25, 0.3) is 0 Å². The first-order valence-corrected chi connectivity index (χ1v) is 11.1. The monoisotopic (exact) mass is 427 g/mol. The second kappa shape index (κ2) is 12.8. The van der Waals surface area contributed by atoms with Gasteiger partial charge in [0.05, 0.1) is 12.3 Å². The van der Waals surface area contributed by atoms with E-state index in [2.05, 4.69) is 25.2 Å². The van der Waals surface area contributed by atoms with Gasteiger partial charge >= 0.3 is 5.97 Å². The van der Waals surface area contributed by atoms with Gasteiger partial charge in [0.1, 0.15) is 5.75 Å². The lowest BCUT2D eigenvalue weighted by Gasteiger charge is -2.11. The number of nitrogens with one attached hydrogen (secondary N) is 1. The molecule has 2 rings (SSSR count). The number of anilines is 1.